The Kier molecular flexibility index (Phi) is 9.58. The van der Waals surface area contributed by atoms with Crippen LogP contribution in [-0.2, 0) is 30.7 Å². The molecule has 3 N–H and O–H groups in total. The summed E-state index contributed by atoms with van der Waals surface area (Å²) in [6.45, 7) is 8.23. The number of hydrogen-bond acceptors (Lipinski definition) is 10. The summed E-state index contributed by atoms with van der Waals surface area (Å²) >= 11 is 0. The second kappa shape index (κ2) is 13.5. The van der Waals surface area contributed by atoms with Gasteiger partial charge >= 0.3 is 6.09 Å². The number of anilines is 1. The predicted molar refractivity (Wildman–Crippen MR) is 171 cm³/mol. The van der Waals surface area contributed by atoms with Crippen LogP contribution in [-0.4, -0.2) is 85.3 Å². The van der Waals surface area contributed by atoms with Crippen LogP contribution in [0.2, 0.25) is 0 Å². The van der Waals surface area contributed by atoms with Crippen LogP contribution in [0.4, 0.5) is 10.8 Å². The molecule has 1 saturated carbocycles. The molecule has 6 rings (SSSR count). The number of carbonyl (C=O) groups excluding carboxylic acids is 1. The average Bonchev–Trinajstić information content (AvgIpc) is 3.68. The molecule has 2 aliphatic heterocycles. The summed E-state index contributed by atoms with van der Waals surface area (Å²) in [5.74, 6) is 0.596. The van der Waals surface area contributed by atoms with Gasteiger partial charge in [0.1, 0.15) is 11.6 Å². The minimum atomic E-state index is -4.07. The van der Waals surface area contributed by atoms with Gasteiger partial charge in [0.15, 0.2) is 11.9 Å². The highest BCUT2D eigenvalue weighted by Gasteiger charge is 2.54. The van der Waals surface area contributed by atoms with Crippen LogP contribution in [0.1, 0.15) is 46.1 Å². The van der Waals surface area contributed by atoms with E-state index in [0.717, 1.165) is 12.0 Å². The quantitative estimate of drug-likeness (QED) is 0.245. The molecule has 2 aromatic carbocycles. The van der Waals surface area contributed by atoms with Crippen LogP contribution in [0, 0.1) is 17.8 Å². The number of aromatic nitrogens is 1. The first-order valence-electron chi connectivity index (χ1n) is 16.1. The van der Waals surface area contributed by atoms with Crippen molar-refractivity contribution in [1.82, 2.24) is 14.6 Å². The normalized spacial score (nSPS) is 25.3. The molecule has 3 heterocycles. The number of amides is 1. The van der Waals surface area contributed by atoms with Crippen molar-refractivity contribution in [2.24, 2.45) is 17.8 Å². The summed E-state index contributed by atoms with van der Waals surface area (Å²) in [6.07, 6.45) is -1.05. The highest BCUT2D eigenvalue weighted by molar-refractivity contribution is 7.89. The molecule has 2 saturated heterocycles. The molecule has 2 bridgehead atoms. The van der Waals surface area contributed by atoms with Gasteiger partial charge in [-0.25, -0.2) is 13.2 Å². The zero-order valence-electron chi connectivity index (χ0n) is 26.7. The van der Waals surface area contributed by atoms with Crippen molar-refractivity contribution in [2.75, 3.05) is 25.0 Å². The van der Waals surface area contributed by atoms with E-state index in [0.29, 0.717) is 36.1 Å². The molecule has 1 aromatic heterocycles. The molecule has 3 fully saturated rings. The number of oxazole rings is 1. The monoisotopic (exact) mass is 656 g/mol. The Bertz CT molecular complexity index is 1610. The molecule has 46 heavy (non-hydrogen) atoms. The number of nitrogens with one attached hydrogen (secondary N) is 2. The van der Waals surface area contributed by atoms with Gasteiger partial charge in [0.25, 0.3) is 6.01 Å². The van der Waals surface area contributed by atoms with Crippen LogP contribution in [0.15, 0.2) is 57.8 Å². The summed E-state index contributed by atoms with van der Waals surface area (Å²) in [4.78, 5) is 17.7. The van der Waals surface area contributed by atoms with Gasteiger partial charge in [0.2, 0.25) is 10.0 Å². The third-order valence-electron chi connectivity index (χ3n) is 8.89. The lowest BCUT2D eigenvalue weighted by Crippen LogP contribution is -2.52. The summed E-state index contributed by atoms with van der Waals surface area (Å²) in [6, 6.07) is 13.6. The molecule has 0 radical (unpaired) electrons. The number of aliphatic hydroxyl groups excluding tert-OH is 1. The Morgan fingerprint density at radius 3 is 2.63 bits per heavy atom. The van der Waals surface area contributed by atoms with Crippen molar-refractivity contribution in [3.63, 3.8) is 0 Å². The number of rotatable bonds is 13. The molecular formula is C33H44N4O8S. The van der Waals surface area contributed by atoms with Crippen LogP contribution in [0.25, 0.3) is 11.1 Å². The van der Waals surface area contributed by atoms with Gasteiger partial charge in [-0.2, -0.15) is 9.29 Å². The van der Waals surface area contributed by atoms with Gasteiger partial charge < -0.3 is 34.4 Å². The average molecular weight is 657 g/mol. The molecule has 1 aliphatic carbocycles. The fourth-order valence-corrected chi connectivity index (χ4v) is 8.33. The number of aliphatic hydroxyl groups is 1. The van der Waals surface area contributed by atoms with Gasteiger partial charge in [0.05, 0.1) is 29.8 Å². The Balaban J connectivity index is 1.20. The molecule has 3 aliphatic rings. The van der Waals surface area contributed by atoms with Crippen molar-refractivity contribution in [1.29, 1.82) is 0 Å². The van der Waals surface area contributed by atoms with Crippen molar-refractivity contribution < 1.29 is 36.9 Å². The Labute approximate surface area is 269 Å². The lowest BCUT2D eigenvalue weighted by molar-refractivity contribution is -0.147. The van der Waals surface area contributed by atoms with Gasteiger partial charge in [-0.3, -0.25) is 0 Å². The van der Waals surface area contributed by atoms with E-state index in [-0.39, 0.29) is 54.7 Å². The molecule has 1 amide bonds. The smallest absolute Gasteiger partial charge is 0.407 e. The molecule has 2 unspecified atom stereocenters. The number of carbonyl (C=O) groups is 1. The number of sulfonamides is 1. The minimum Gasteiger partial charge on any atom is -0.443 e. The number of ether oxygens (including phenoxy) is 3. The standard InChI is InChI=1S/C33H44N4O8S/c1-19(2)16-37(46(40,41)23-10-11-25-28(14-23)44-32(35-25)34-20(3)4)17-27(38)26(12-21-8-6-5-7-9-21)36-33(39)45-29-13-22-18-42-31-24(22)15-30(29)43-31/h5-11,14,19-20,22,24,26-27,29-31,38H,12-13,15-18H2,1-4H3,(H,34,35)(H,36,39)/t22-,24-,26+,27-,29?,30?,31-/m1/s1. The molecule has 250 valence electrons. The SMILES string of the molecule is CC(C)CN(C[C@@H](O)[C@H](Cc1ccccc1)NC(=O)OC1C[C@@H]2CO[C@@H]3OC1C[C@H]23)S(=O)(=O)c1ccc2nc(NC(C)C)oc2c1. The first-order chi connectivity index (χ1) is 22.0. The maximum absolute atomic E-state index is 14.0. The summed E-state index contributed by atoms with van der Waals surface area (Å²) in [5, 5.41) is 17.6. The number of benzene rings is 2. The molecule has 13 heteroatoms. The first-order valence-corrected chi connectivity index (χ1v) is 17.5. The third-order valence-corrected chi connectivity index (χ3v) is 10.7. The van der Waals surface area contributed by atoms with Crippen molar-refractivity contribution in [3.8, 4) is 0 Å². The van der Waals surface area contributed by atoms with E-state index in [9.17, 15) is 18.3 Å². The van der Waals surface area contributed by atoms with E-state index >= 15 is 0 Å². The highest BCUT2D eigenvalue weighted by Crippen LogP contribution is 2.47. The predicted octanol–water partition coefficient (Wildman–Crippen LogP) is 4.14. The highest BCUT2D eigenvalue weighted by atomic mass is 32.2. The van der Waals surface area contributed by atoms with Crippen molar-refractivity contribution in [3.05, 3.63) is 54.1 Å². The van der Waals surface area contributed by atoms with E-state index in [4.69, 9.17) is 18.6 Å². The van der Waals surface area contributed by atoms with Crippen LogP contribution in [0.5, 0.6) is 0 Å². The minimum absolute atomic E-state index is 0.0255. The number of fused-ring (bicyclic) bond motifs is 2. The second-order valence-electron chi connectivity index (χ2n) is 13.4. The first kappa shape index (κ1) is 32.7. The van der Waals surface area contributed by atoms with E-state index in [1.54, 1.807) is 6.07 Å². The van der Waals surface area contributed by atoms with E-state index in [1.807, 2.05) is 58.0 Å². The third kappa shape index (κ3) is 7.18. The largest absolute Gasteiger partial charge is 0.443 e. The fraction of sp³-hybridized carbons (Fsp3) is 0.576. The maximum Gasteiger partial charge on any atom is 0.407 e. The van der Waals surface area contributed by atoms with Gasteiger partial charge in [-0.15, -0.1) is 0 Å². The summed E-state index contributed by atoms with van der Waals surface area (Å²) < 4.78 is 52.7. The molecule has 12 nitrogen and oxygen atoms in total. The zero-order valence-corrected chi connectivity index (χ0v) is 27.5. The lowest BCUT2D eigenvalue weighted by atomic mass is 9.80. The fourth-order valence-electron chi connectivity index (χ4n) is 6.70. The number of alkyl carbamates (subject to hydrolysis) is 1. The zero-order chi connectivity index (χ0) is 32.6. The van der Waals surface area contributed by atoms with E-state index in [2.05, 4.69) is 15.6 Å². The van der Waals surface area contributed by atoms with Crippen LogP contribution in [0.3, 0.4) is 0 Å². The molecule has 3 aromatic rings. The van der Waals surface area contributed by atoms with Gasteiger partial charge in [-0.1, -0.05) is 44.2 Å². The Morgan fingerprint density at radius 2 is 1.89 bits per heavy atom. The second-order valence-corrected chi connectivity index (χ2v) is 15.3. The maximum atomic E-state index is 14.0. The Hall–Kier alpha value is -3.23. The summed E-state index contributed by atoms with van der Waals surface area (Å²) in [5.41, 5.74) is 1.74. The van der Waals surface area contributed by atoms with Crippen molar-refractivity contribution >= 4 is 33.2 Å². The van der Waals surface area contributed by atoms with Crippen LogP contribution >= 0.6 is 0 Å². The number of hydrogen-bond donors (Lipinski definition) is 3. The van der Waals surface area contributed by atoms with Crippen LogP contribution < -0.4 is 10.6 Å². The molecular weight excluding hydrogens is 612 g/mol. The topological polar surface area (TPSA) is 152 Å². The van der Waals surface area contributed by atoms with Gasteiger partial charge in [-0.05, 0) is 62.6 Å². The van der Waals surface area contributed by atoms with Gasteiger partial charge in [0, 0.05) is 31.1 Å². The Morgan fingerprint density at radius 1 is 1.11 bits per heavy atom. The number of nitrogens with zero attached hydrogens (tertiary/aromatic N) is 2. The lowest BCUT2D eigenvalue weighted by Gasteiger charge is -2.33. The van der Waals surface area contributed by atoms with Crippen molar-refractivity contribution in [2.45, 2.75) is 88.5 Å². The van der Waals surface area contributed by atoms with E-state index in [1.165, 1.54) is 16.4 Å². The summed E-state index contributed by atoms with van der Waals surface area (Å²) in [7, 11) is -4.07. The van der Waals surface area contributed by atoms with E-state index < -0.39 is 34.4 Å². The molecule has 7 atom stereocenters. The molecule has 0 spiro atoms.